The van der Waals surface area contributed by atoms with Crippen molar-refractivity contribution < 1.29 is 42.1 Å². The lowest BCUT2D eigenvalue weighted by Crippen LogP contribution is -2.37. The molecule has 0 amide bonds. The Kier molecular flexibility index (Phi) is 71.9. The first-order chi connectivity index (χ1) is 47.0. The number of unbranched alkanes of at least 4 members (excludes halogenated alkanes) is 34. The number of rotatable bonds is 72. The van der Waals surface area contributed by atoms with Crippen LogP contribution in [0.25, 0.3) is 0 Å². The van der Waals surface area contributed by atoms with E-state index in [9.17, 15) is 19.0 Å². The number of nitrogens with zero attached hydrogens (tertiary/aromatic N) is 1. The van der Waals surface area contributed by atoms with E-state index in [0.29, 0.717) is 17.4 Å². The number of quaternary nitrogens is 1. The lowest BCUT2D eigenvalue weighted by molar-refractivity contribution is -0.870. The number of phosphoric ester groups is 1. The van der Waals surface area contributed by atoms with Crippen LogP contribution in [0, 0.1) is 0 Å². The summed E-state index contributed by atoms with van der Waals surface area (Å²) in [5, 5.41) is 0. The zero-order valence-electron chi connectivity index (χ0n) is 62.8. The minimum atomic E-state index is -4.65. The molecular formula is C86H148NO8P. The van der Waals surface area contributed by atoms with Crippen molar-refractivity contribution in [3.8, 4) is 0 Å². The summed E-state index contributed by atoms with van der Waals surface area (Å²) in [5.74, 6) is -0.834. The molecule has 10 heteroatoms. The summed E-state index contributed by atoms with van der Waals surface area (Å²) in [7, 11) is 1.16. The van der Waals surface area contributed by atoms with Gasteiger partial charge in [0.15, 0.2) is 6.10 Å². The van der Waals surface area contributed by atoms with E-state index in [1.165, 1.54) is 180 Å². The van der Waals surface area contributed by atoms with Crippen LogP contribution in [0.1, 0.15) is 335 Å². The summed E-state index contributed by atoms with van der Waals surface area (Å²) in [6.45, 7) is 4.03. The van der Waals surface area contributed by atoms with Gasteiger partial charge in [-0.05, 0) is 116 Å². The average molecular weight is 1360 g/mol. The number of carbonyl (C=O) groups excluding carboxylic acids is 2. The Morgan fingerprint density at radius 2 is 0.562 bits per heavy atom. The van der Waals surface area contributed by atoms with Gasteiger partial charge in [0.05, 0.1) is 27.7 Å². The highest BCUT2D eigenvalue weighted by molar-refractivity contribution is 7.45. The molecule has 0 aromatic heterocycles. The number of esters is 2. The van der Waals surface area contributed by atoms with Gasteiger partial charge in [-0.3, -0.25) is 14.2 Å². The fourth-order valence-electron chi connectivity index (χ4n) is 10.9. The molecule has 0 heterocycles. The van der Waals surface area contributed by atoms with Gasteiger partial charge >= 0.3 is 11.9 Å². The van der Waals surface area contributed by atoms with Crippen molar-refractivity contribution in [3.63, 3.8) is 0 Å². The van der Waals surface area contributed by atoms with Crippen LogP contribution in [-0.2, 0) is 32.7 Å². The summed E-state index contributed by atoms with van der Waals surface area (Å²) < 4.78 is 34.4. The second kappa shape index (κ2) is 75.1. The summed E-state index contributed by atoms with van der Waals surface area (Å²) in [5.41, 5.74) is 0. The van der Waals surface area contributed by atoms with E-state index >= 15 is 0 Å². The fourth-order valence-corrected chi connectivity index (χ4v) is 11.6. The molecule has 0 N–H and O–H groups in total. The van der Waals surface area contributed by atoms with Gasteiger partial charge in [0, 0.05) is 12.8 Å². The average Bonchev–Trinajstić information content (AvgIpc) is 1.97. The highest BCUT2D eigenvalue weighted by Crippen LogP contribution is 2.38. The van der Waals surface area contributed by atoms with E-state index in [-0.39, 0.29) is 32.0 Å². The zero-order chi connectivity index (χ0) is 69.7. The van der Waals surface area contributed by atoms with Gasteiger partial charge in [0.25, 0.3) is 7.82 Å². The Labute approximate surface area is 593 Å². The van der Waals surface area contributed by atoms with Crippen LogP contribution in [0.2, 0.25) is 0 Å². The van der Waals surface area contributed by atoms with Crippen LogP contribution < -0.4 is 4.89 Å². The maximum Gasteiger partial charge on any atom is 0.306 e. The topological polar surface area (TPSA) is 111 Å². The number of phosphoric acid groups is 1. The van der Waals surface area contributed by atoms with Crippen molar-refractivity contribution in [2.24, 2.45) is 0 Å². The first-order valence-electron chi connectivity index (χ1n) is 39.5. The van der Waals surface area contributed by atoms with Crippen LogP contribution in [0.15, 0.2) is 146 Å². The molecule has 0 spiro atoms. The molecule has 0 aliphatic heterocycles. The van der Waals surface area contributed by atoms with Crippen molar-refractivity contribution in [2.75, 3.05) is 47.5 Å². The largest absolute Gasteiger partial charge is 0.756 e. The van der Waals surface area contributed by atoms with Crippen LogP contribution in [0.5, 0.6) is 0 Å². The van der Waals surface area contributed by atoms with Gasteiger partial charge in [-0.2, -0.15) is 0 Å². The standard InChI is InChI=1S/C86H148NO8P/c1-6-8-10-12-14-16-18-20-22-24-26-28-30-32-34-36-38-39-40-41-42-43-44-45-46-47-49-50-52-54-56-58-60-62-64-66-68-70-72-74-76-78-85(88)92-82-84(83-94-96(90,91)93-81-80-87(3,4)5)95-86(89)79-77-75-73-71-69-67-65-63-61-59-57-55-53-51-48-37-35-33-31-29-27-25-23-21-19-17-15-13-11-9-7-2/h8-11,14-17,20-23,26-29,32-35,48,51,55,57,84H,6-7,12-13,18-19,24-25,30-31,36-47,49-50,52-54,56,58-83H2,1-5H3/b10-8-,11-9-,16-14-,17-15-,22-20-,23-21-,28-26-,29-27-,34-32-,35-33-,51-48-,57-55-. The van der Waals surface area contributed by atoms with Crippen molar-refractivity contribution in [1.82, 2.24) is 0 Å². The zero-order valence-corrected chi connectivity index (χ0v) is 63.7. The normalized spacial score (nSPS) is 13.9. The molecule has 0 saturated carbocycles. The predicted molar refractivity (Wildman–Crippen MR) is 415 cm³/mol. The van der Waals surface area contributed by atoms with Crippen LogP contribution in [0.4, 0.5) is 0 Å². The highest BCUT2D eigenvalue weighted by atomic mass is 31.2. The van der Waals surface area contributed by atoms with E-state index in [4.69, 9.17) is 18.5 Å². The molecule has 2 atom stereocenters. The van der Waals surface area contributed by atoms with E-state index < -0.39 is 26.5 Å². The van der Waals surface area contributed by atoms with Gasteiger partial charge in [-0.1, -0.05) is 352 Å². The van der Waals surface area contributed by atoms with Crippen LogP contribution in [-0.4, -0.2) is 70.0 Å². The van der Waals surface area contributed by atoms with Crippen LogP contribution in [0.3, 0.4) is 0 Å². The molecule has 2 unspecified atom stereocenters. The Morgan fingerprint density at radius 3 is 0.833 bits per heavy atom. The smallest absolute Gasteiger partial charge is 0.306 e. The van der Waals surface area contributed by atoms with Crippen molar-refractivity contribution >= 4 is 19.8 Å². The Morgan fingerprint density at radius 1 is 0.323 bits per heavy atom. The Balaban J connectivity index is 3.97. The molecule has 550 valence electrons. The molecule has 0 fully saturated rings. The third-order valence-corrected chi connectivity index (χ3v) is 17.8. The van der Waals surface area contributed by atoms with E-state index in [0.717, 1.165) is 122 Å². The van der Waals surface area contributed by atoms with Gasteiger partial charge in [0.1, 0.15) is 19.8 Å². The third kappa shape index (κ3) is 78.9. The Bertz CT molecular complexity index is 2140. The number of allylic oxidation sites excluding steroid dienone is 24. The van der Waals surface area contributed by atoms with Crippen molar-refractivity contribution in [1.29, 1.82) is 0 Å². The van der Waals surface area contributed by atoms with Gasteiger partial charge in [0.2, 0.25) is 0 Å². The van der Waals surface area contributed by atoms with E-state index in [1.54, 1.807) is 0 Å². The van der Waals surface area contributed by atoms with Gasteiger partial charge < -0.3 is 27.9 Å². The second-order valence-corrected chi connectivity index (χ2v) is 28.7. The molecule has 9 nitrogen and oxygen atoms in total. The maximum absolute atomic E-state index is 12.9. The molecule has 0 aliphatic rings. The van der Waals surface area contributed by atoms with Crippen molar-refractivity contribution in [3.05, 3.63) is 146 Å². The number of carbonyl (C=O) groups is 2. The minimum absolute atomic E-state index is 0.0365. The molecule has 0 aliphatic carbocycles. The minimum Gasteiger partial charge on any atom is -0.756 e. The summed E-state index contributed by atoms with van der Waals surface area (Å²) in [6.07, 6.45) is 111. The number of hydrogen-bond donors (Lipinski definition) is 0. The molecule has 0 bridgehead atoms. The second-order valence-electron chi connectivity index (χ2n) is 27.3. The molecular weight excluding hydrogens is 1210 g/mol. The highest BCUT2D eigenvalue weighted by Gasteiger charge is 2.22. The number of likely N-dealkylation sites (N-methyl/N-ethyl adjacent to an activating group) is 1. The predicted octanol–water partition coefficient (Wildman–Crippen LogP) is 25.9. The maximum atomic E-state index is 12.9. The van der Waals surface area contributed by atoms with Crippen molar-refractivity contribution in [2.45, 2.75) is 341 Å². The molecule has 96 heavy (non-hydrogen) atoms. The lowest BCUT2D eigenvalue weighted by Gasteiger charge is -2.28. The number of ether oxygens (including phenoxy) is 2. The fraction of sp³-hybridized carbons (Fsp3) is 0.698. The molecule has 0 aromatic carbocycles. The van der Waals surface area contributed by atoms with Crippen LogP contribution >= 0.6 is 7.82 Å². The summed E-state index contributed by atoms with van der Waals surface area (Å²) in [4.78, 5) is 38.2. The number of hydrogen-bond acceptors (Lipinski definition) is 8. The molecule has 0 rings (SSSR count). The molecule has 0 saturated heterocycles. The SMILES string of the molecule is CC/C=C\C/C=C\C/C=C\C/C=C\C/C=C\C/C=C\C/C=C\CCCCCCCCCCCC(=O)OC(COC(=O)CCCCCCCCCCCCCCCCCCCCCCCCCCC/C=C\C/C=C\C/C=C\C/C=C\C/C=C\CC)COP(=O)([O-])OCC[N+](C)(C)C. The quantitative estimate of drug-likeness (QED) is 0.0195. The third-order valence-electron chi connectivity index (χ3n) is 16.9. The Hall–Kier alpha value is -4.11. The summed E-state index contributed by atoms with van der Waals surface area (Å²) >= 11 is 0. The van der Waals surface area contributed by atoms with Gasteiger partial charge in [-0.25, -0.2) is 0 Å². The first-order valence-corrected chi connectivity index (χ1v) is 41.0. The summed E-state index contributed by atoms with van der Waals surface area (Å²) in [6, 6.07) is 0. The molecule has 0 aromatic rings. The monoisotopic (exact) mass is 1350 g/mol. The van der Waals surface area contributed by atoms with E-state index in [1.807, 2.05) is 21.1 Å². The lowest BCUT2D eigenvalue weighted by atomic mass is 10.0. The van der Waals surface area contributed by atoms with Gasteiger partial charge in [-0.15, -0.1) is 0 Å². The first kappa shape index (κ1) is 91.9. The van der Waals surface area contributed by atoms with E-state index in [2.05, 4.69) is 160 Å². The molecule has 0 radical (unpaired) electrons.